The molecule has 7 nitrogen and oxygen atoms in total. The molecule has 0 aromatic heterocycles. The van der Waals surface area contributed by atoms with Gasteiger partial charge in [-0.05, 0) is 6.42 Å². The second-order valence-corrected chi connectivity index (χ2v) is 4.49. The van der Waals surface area contributed by atoms with Gasteiger partial charge in [-0.25, -0.2) is 4.39 Å². The number of aliphatic carboxylic acids is 1. The molecule has 0 fully saturated rings. The molecule has 0 aliphatic heterocycles. The van der Waals surface area contributed by atoms with Crippen molar-refractivity contribution < 1.29 is 24.0 Å². The van der Waals surface area contributed by atoms with Crippen molar-refractivity contribution in [3.05, 3.63) is 28.1 Å². The number of carboxylic acid groups (broad SMARTS) is 1. The van der Waals surface area contributed by atoms with Crippen LogP contribution in [0.25, 0.3) is 0 Å². The molecule has 0 amide bonds. The first-order valence-electron chi connectivity index (χ1n) is 6.39. The fraction of sp³-hybridized carbons (Fsp3) is 0.462. The molecule has 0 bridgehead atoms. The Morgan fingerprint density at radius 1 is 1.57 bits per heavy atom. The van der Waals surface area contributed by atoms with Gasteiger partial charge in [-0.1, -0.05) is 13.3 Å². The van der Waals surface area contributed by atoms with Crippen LogP contribution in [0.3, 0.4) is 0 Å². The molecule has 116 valence electrons. The molecule has 1 aromatic carbocycles. The van der Waals surface area contributed by atoms with E-state index in [-0.39, 0.29) is 17.9 Å². The summed E-state index contributed by atoms with van der Waals surface area (Å²) in [6, 6.07) is 1.43. The van der Waals surface area contributed by atoms with Crippen LogP contribution >= 0.6 is 0 Å². The van der Waals surface area contributed by atoms with Gasteiger partial charge in [0.1, 0.15) is 5.69 Å². The van der Waals surface area contributed by atoms with E-state index in [0.29, 0.717) is 12.8 Å². The van der Waals surface area contributed by atoms with Crippen molar-refractivity contribution in [2.45, 2.75) is 32.2 Å². The molecule has 0 saturated carbocycles. The minimum atomic E-state index is -1.02. The van der Waals surface area contributed by atoms with E-state index in [1.807, 2.05) is 6.92 Å². The number of rotatable bonds is 8. The molecule has 1 rings (SSSR count). The van der Waals surface area contributed by atoms with Crippen LogP contribution in [-0.2, 0) is 4.79 Å². The molecule has 1 atom stereocenters. The van der Waals surface area contributed by atoms with Crippen molar-refractivity contribution in [1.29, 1.82) is 0 Å². The van der Waals surface area contributed by atoms with Gasteiger partial charge in [-0.15, -0.1) is 0 Å². The van der Waals surface area contributed by atoms with Crippen LogP contribution in [0.5, 0.6) is 5.75 Å². The van der Waals surface area contributed by atoms with Gasteiger partial charge in [-0.2, -0.15) is 0 Å². The summed E-state index contributed by atoms with van der Waals surface area (Å²) in [5, 5.41) is 22.6. The van der Waals surface area contributed by atoms with Crippen LogP contribution in [0.1, 0.15) is 26.2 Å². The molecule has 21 heavy (non-hydrogen) atoms. The topological polar surface area (TPSA) is 102 Å². The maximum absolute atomic E-state index is 13.5. The summed E-state index contributed by atoms with van der Waals surface area (Å²) < 4.78 is 18.3. The molecule has 1 unspecified atom stereocenters. The molecule has 0 heterocycles. The average molecular weight is 300 g/mol. The first-order chi connectivity index (χ1) is 9.88. The summed E-state index contributed by atoms with van der Waals surface area (Å²) in [5.74, 6) is -2.01. The maximum Gasteiger partial charge on any atom is 0.305 e. The number of hydrogen-bond acceptors (Lipinski definition) is 5. The monoisotopic (exact) mass is 300 g/mol. The highest BCUT2D eigenvalue weighted by atomic mass is 19.1. The number of carbonyl (C=O) groups is 1. The lowest BCUT2D eigenvalue weighted by Gasteiger charge is -2.18. The number of hydrogen-bond donors (Lipinski definition) is 2. The smallest absolute Gasteiger partial charge is 0.305 e. The fourth-order valence-corrected chi connectivity index (χ4v) is 1.97. The number of nitrogens with one attached hydrogen (secondary N) is 1. The van der Waals surface area contributed by atoms with Gasteiger partial charge in [0.15, 0.2) is 11.6 Å². The van der Waals surface area contributed by atoms with E-state index in [1.54, 1.807) is 0 Å². The molecule has 0 spiro atoms. The van der Waals surface area contributed by atoms with E-state index >= 15 is 0 Å². The average Bonchev–Trinajstić information content (AvgIpc) is 2.39. The van der Waals surface area contributed by atoms with Crippen molar-refractivity contribution in [2.75, 3.05) is 12.4 Å². The molecule has 1 aromatic rings. The Bertz CT molecular complexity index is 536. The molecule has 0 saturated heterocycles. The lowest BCUT2D eigenvalue weighted by atomic mass is 10.1. The van der Waals surface area contributed by atoms with Crippen LogP contribution < -0.4 is 10.1 Å². The molecule has 8 heteroatoms. The summed E-state index contributed by atoms with van der Waals surface area (Å²) in [4.78, 5) is 21.1. The minimum Gasteiger partial charge on any atom is -0.494 e. The Hall–Kier alpha value is -2.38. The third kappa shape index (κ3) is 4.59. The standard InChI is InChI=1S/C13H17FN2O5/c1-3-4-8(5-13(17)18)15-10-7-12(21-2)9(14)6-11(10)16(19)20/h6-8,15H,3-5H2,1-2H3,(H,17,18). The molecular weight excluding hydrogens is 283 g/mol. The van der Waals surface area contributed by atoms with Gasteiger partial charge in [-0.3, -0.25) is 14.9 Å². The largest absolute Gasteiger partial charge is 0.494 e. The van der Waals surface area contributed by atoms with Crippen molar-refractivity contribution in [3.63, 3.8) is 0 Å². The summed E-state index contributed by atoms with van der Waals surface area (Å²) >= 11 is 0. The Morgan fingerprint density at radius 3 is 2.71 bits per heavy atom. The van der Waals surface area contributed by atoms with Gasteiger partial charge in [0.25, 0.3) is 5.69 Å². The first kappa shape index (κ1) is 16.7. The van der Waals surface area contributed by atoms with Gasteiger partial charge >= 0.3 is 5.97 Å². The zero-order valence-corrected chi connectivity index (χ0v) is 11.8. The number of benzene rings is 1. The third-order valence-corrected chi connectivity index (χ3v) is 2.88. The molecule has 0 radical (unpaired) electrons. The van der Waals surface area contributed by atoms with Crippen molar-refractivity contribution in [1.82, 2.24) is 0 Å². The van der Waals surface area contributed by atoms with Crippen molar-refractivity contribution in [3.8, 4) is 5.75 Å². The van der Waals surface area contributed by atoms with E-state index in [4.69, 9.17) is 9.84 Å². The van der Waals surface area contributed by atoms with E-state index in [0.717, 1.165) is 12.1 Å². The molecule has 0 aliphatic carbocycles. The van der Waals surface area contributed by atoms with Crippen LogP contribution in [0, 0.1) is 15.9 Å². The number of carboxylic acids is 1. The number of halogens is 1. The number of methoxy groups -OCH3 is 1. The fourth-order valence-electron chi connectivity index (χ4n) is 1.97. The van der Waals surface area contributed by atoms with E-state index in [1.165, 1.54) is 7.11 Å². The highest BCUT2D eigenvalue weighted by Crippen LogP contribution is 2.32. The summed E-state index contributed by atoms with van der Waals surface area (Å²) in [6.45, 7) is 1.87. The lowest BCUT2D eigenvalue weighted by molar-refractivity contribution is -0.384. The normalized spacial score (nSPS) is 11.8. The van der Waals surface area contributed by atoms with Crippen molar-refractivity contribution >= 4 is 17.3 Å². The zero-order chi connectivity index (χ0) is 16.0. The van der Waals surface area contributed by atoms with Gasteiger partial charge in [0.2, 0.25) is 0 Å². The maximum atomic E-state index is 13.5. The number of anilines is 1. The van der Waals surface area contributed by atoms with E-state index < -0.39 is 28.4 Å². The minimum absolute atomic E-state index is 0.0398. The third-order valence-electron chi connectivity index (χ3n) is 2.88. The van der Waals surface area contributed by atoms with Gasteiger partial charge in [0, 0.05) is 12.1 Å². The highest BCUT2D eigenvalue weighted by molar-refractivity contribution is 5.70. The van der Waals surface area contributed by atoms with Gasteiger partial charge in [0.05, 0.1) is 24.5 Å². The quantitative estimate of drug-likeness (QED) is 0.565. The number of nitro benzene ring substituents is 1. The van der Waals surface area contributed by atoms with Crippen LogP contribution in [-0.4, -0.2) is 29.2 Å². The van der Waals surface area contributed by atoms with Crippen LogP contribution in [0.2, 0.25) is 0 Å². The Balaban J connectivity index is 3.13. The second kappa shape index (κ2) is 7.41. The van der Waals surface area contributed by atoms with E-state index in [2.05, 4.69) is 5.32 Å². The number of nitro groups is 1. The first-order valence-corrected chi connectivity index (χ1v) is 6.39. The SMILES string of the molecule is CCCC(CC(=O)O)Nc1cc(OC)c(F)cc1[N+](=O)[O-]. The van der Waals surface area contributed by atoms with Crippen molar-refractivity contribution in [2.24, 2.45) is 0 Å². The summed E-state index contributed by atoms with van der Waals surface area (Å²) in [5.41, 5.74) is -0.419. The molecule has 2 N–H and O–H groups in total. The number of ether oxygens (including phenoxy) is 1. The van der Waals surface area contributed by atoms with Crippen LogP contribution in [0.4, 0.5) is 15.8 Å². The van der Waals surface area contributed by atoms with Crippen LogP contribution in [0.15, 0.2) is 12.1 Å². The Labute approximate surface area is 120 Å². The Morgan fingerprint density at radius 2 is 2.24 bits per heavy atom. The summed E-state index contributed by atoms with van der Waals surface area (Å²) in [7, 11) is 1.24. The Kier molecular flexibility index (Phi) is 5.89. The second-order valence-electron chi connectivity index (χ2n) is 4.49. The zero-order valence-electron chi connectivity index (χ0n) is 11.8. The molecular formula is C13H17FN2O5. The molecule has 0 aliphatic rings. The highest BCUT2D eigenvalue weighted by Gasteiger charge is 2.22. The lowest BCUT2D eigenvalue weighted by Crippen LogP contribution is -2.23. The predicted molar refractivity (Wildman–Crippen MR) is 74.2 cm³/mol. The number of nitrogens with zero attached hydrogens (tertiary/aromatic N) is 1. The van der Waals surface area contributed by atoms with Gasteiger partial charge < -0.3 is 15.2 Å². The predicted octanol–water partition coefficient (Wildman–Crippen LogP) is 2.80. The van der Waals surface area contributed by atoms with E-state index in [9.17, 15) is 19.3 Å². The summed E-state index contributed by atoms with van der Waals surface area (Å²) in [6.07, 6.45) is 1.03.